The minimum atomic E-state index is -0.908. The maximum Gasteiger partial charge on any atom is 0.325 e. The number of carbonyl (C=O) groups is 3. The molecule has 1 amide bonds. The van der Waals surface area contributed by atoms with Crippen molar-refractivity contribution < 1.29 is 38.4 Å². The second-order valence-electron chi connectivity index (χ2n) is 7.70. The number of hydrogen-bond acceptors (Lipinski definition) is 13. The normalized spacial score (nSPS) is 10.6. The van der Waals surface area contributed by atoms with Crippen LogP contribution in [0.3, 0.4) is 0 Å². The zero-order valence-electron chi connectivity index (χ0n) is 21.8. The molecule has 0 aliphatic heterocycles. The molecule has 1 N–H and O–H groups in total. The van der Waals surface area contributed by atoms with Gasteiger partial charge in [-0.05, 0) is 19.9 Å². The van der Waals surface area contributed by atoms with Crippen molar-refractivity contribution in [3.05, 3.63) is 49.5 Å². The van der Waals surface area contributed by atoms with Crippen molar-refractivity contribution in [1.29, 1.82) is 0 Å². The molecule has 2 rings (SSSR count). The van der Waals surface area contributed by atoms with E-state index in [-0.39, 0.29) is 49.1 Å². The van der Waals surface area contributed by atoms with Gasteiger partial charge in [0.1, 0.15) is 24.5 Å². The molecule has 0 bridgehead atoms. The number of azo groups is 1. The predicted octanol–water partition coefficient (Wildman–Crippen LogP) is 4.47. The van der Waals surface area contributed by atoms with Crippen molar-refractivity contribution in [3.8, 4) is 5.75 Å². The van der Waals surface area contributed by atoms with Crippen LogP contribution in [0.4, 0.5) is 34.1 Å². The van der Waals surface area contributed by atoms with Crippen LogP contribution in [0.5, 0.6) is 5.75 Å². The molecule has 0 radical (unpaired) electrons. The van der Waals surface area contributed by atoms with Crippen molar-refractivity contribution >= 4 is 63.6 Å². The lowest BCUT2D eigenvalue weighted by Gasteiger charge is -2.25. The van der Waals surface area contributed by atoms with Gasteiger partial charge in [-0.25, -0.2) is 0 Å². The molecule has 214 valence electrons. The number of nitrogens with zero attached hydrogens (tertiary/aromatic N) is 5. The van der Waals surface area contributed by atoms with Crippen LogP contribution in [0.1, 0.15) is 20.8 Å². The van der Waals surface area contributed by atoms with Crippen molar-refractivity contribution in [1.82, 2.24) is 0 Å². The average molecular weight is 581 g/mol. The summed E-state index contributed by atoms with van der Waals surface area (Å²) < 4.78 is 15.4. The number of esters is 2. The van der Waals surface area contributed by atoms with Crippen molar-refractivity contribution in [2.24, 2.45) is 10.2 Å². The third-order valence-electron chi connectivity index (χ3n) is 4.89. The highest BCUT2D eigenvalue weighted by atomic mass is 35.5. The van der Waals surface area contributed by atoms with E-state index in [0.29, 0.717) is 6.07 Å². The summed E-state index contributed by atoms with van der Waals surface area (Å²) >= 11 is 6.04. The average Bonchev–Trinajstić information content (AvgIpc) is 2.87. The number of hydrogen-bond donors (Lipinski definition) is 1. The number of rotatable bonds is 13. The Kier molecular flexibility index (Phi) is 11.2. The number of nitro groups is 2. The fraction of sp³-hybridized carbons (Fsp3) is 0.348. The minimum Gasteiger partial charge on any atom is -0.494 e. The Hall–Kier alpha value is -4.86. The Labute approximate surface area is 232 Å². The van der Waals surface area contributed by atoms with Crippen LogP contribution in [0, 0.1) is 20.2 Å². The van der Waals surface area contributed by atoms with E-state index in [0.717, 1.165) is 6.07 Å². The molecule has 0 heterocycles. The standard InChI is InChI=1S/C23H25ClN6O10/c1-5-39-21(32)11-28(12-22(33)40-6-2)18-9-16(25-13(3)31)17(10-20(18)38-4)26-27-23-15(24)7-14(29(34)35)8-19(23)30(36)37/h7-10H,5-6,11-12H2,1-4H3,(H,25,31). The van der Waals surface area contributed by atoms with E-state index >= 15 is 0 Å². The van der Waals surface area contributed by atoms with Crippen LogP contribution in [0.25, 0.3) is 0 Å². The molecule has 0 unspecified atom stereocenters. The number of ether oxygens (including phenoxy) is 3. The molecule has 0 saturated heterocycles. The highest BCUT2D eigenvalue weighted by molar-refractivity contribution is 6.33. The summed E-state index contributed by atoms with van der Waals surface area (Å²) in [5.41, 5.74) is -1.74. The van der Waals surface area contributed by atoms with E-state index in [1.165, 1.54) is 31.1 Å². The largest absolute Gasteiger partial charge is 0.494 e. The first-order chi connectivity index (χ1) is 18.9. The summed E-state index contributed by atoms with van der Waals surface area (Å²) in [5.74, 6) is -1.77. The van der Waals surface area contributed by atoms with E-state index < -0.39 is 49.8 Å². The van der Waals surface area contributed by atoms with Crippen LogP contribution < -0.4 is 15.0 Å². The molecule has 0 spiro atoms. The number of amides is 1. The van der Waals surface area contributed by atoms with Crippen molar-refractivity contribution in [3.63, 3.8) is 0 Å². The van der Waals surface area contributed by atoms with E-state index in [9.17, 15) is 34.6 Å². The van der Waals surface area contributed by atoms with Gasteiger partial charge in [0.05, 0.1) is 52.6 Å². The number of halogens is 1. The molecule has 0 aliphatic rings. The lowest BCUT2D eigenvalue weighted by atomic mass is 10.2. The van der Waals surface area contributed by atoms with Gasteiger partial charge >= 0.3 is 17.6 Å². The van der Waals surface area contributed by atoms with E-state index in [1.54, 1.807) is 13.8 Å². The third-order valence-corrected chi connectivity index (χ3v) is 5.18. The Morgan fingerprint density at radius 1 is 0.975 bits per heavy atom. The van der Waals surface area contributed by atoms with Gasteiger partial charge in [0, 0.05) is 19.1 Å². The highest BCUT2D eigenvalue weighted by Gasteiger charge is 2.25. The summed E-state index contributed by atoms with van der Waals surface area (Å²) in [6.45, 7) is 3.86. The van der Waals surface area contributed by atoms with Crippen LogP contribution in [-0.2, 0) is 23.9 Å². The topological polar surface area (TPSA) is 205 Å². The lowest BCUT2D eigenvalue weighted by molar-refractivity contribution is -0.393. The highest BCUT2D eigenvalue weighted by Crippen LogP contribution is 2.42. The monoisotopic (exact) mass is 580 g/mol. The summed E-state index contributed by atoms with van der Waals surface area (Å²) in [7, 11) is 1.29. The van der Waals surface area contributed by atoms with Crippen molar-refractivity contribution in [2.45, 2.75) is 20.8 Å². The number of nitrogens with one attached hydrogen (secondary N) is 1. The number of non-ortho nitro benzene ring substituents is 1. The Balaban J connectivity index is 2.68. The van der Waals surface area contributed by atoms with E-state index in [1.807, 2.05) is 0 Å². The zero-order valence-corrected chi connectivity index (χ0v) is 22.6. The summed E-state index contributed by atoms with van der Waals surface area (Å²) in [5, 5.41) is 32.5. The van der Waals surface area contributed by atoms with Gasteiger partial charge in [-0.2, -0.15) is 0 Å². The summed E-state index contributed by atoms with van der Waals surface area (Å²) in [6, 6.07) is 4.20. The molecule has 0 saturated carbocycles. The van der Waals surface area contributed by atoms with Gasteiger partial charge in [0.2, 0.25) is 5.91 Å². The SMILES string of the molecule is CCOC(=O)CN(CC(=O)OCC)c1cc(NC(C)=O)c(N=Nc2c(Cl)cc([N+](=O)[O-])cc2[N+](=O)[O-])cc1OC. The van der Waals surface area contributed by atoms with Gasteiger partial charge in [0.15, 0.2) is 5.69 Å². The van der Waals surface area contributed by atoms with E-state index in [2.05, 4.69) is 15.5 Å². The second kappa shape index (κ2) is 14.3. The molecule has 0 fully saturated rings. The number of anilines is 2. The zero-order chi connectivity index (χ0) is 30.0. The number of methoxy groups -OCH3 is 1. The molecule has 0 aliphatic carbocycles. The van der Waals surface area contributed by atoms with Gasteiger partial charge in [0.25, 0.3) is 5.69 Å². The third kappa shape index (κ3) is 8.32. The second-order valence-corrected chi connectivity index (χ2v) is 8.11. The minimum absolute atomic E-state index is 0.0189. The first-order valence-corrected chi connectivity index (χ1v) is 11.9. The smallest absolute Gasteiger partial charge is 0.325 e. The molecular formula is C23H25ClN6O10. The molecule has 17 heteroatoms. The molecule has 2 aromatic carbocycles. The molecule has 16 nitrogen and oxygen atoms in total. The number of benzene rings is 2. The van der Waals surface area contributed by atoms with Crippen molar-refractivity contribution in [2.75, 3.05) is 43.6 Å². The Morgan fingerprint density at radius 2 is 1.57 bits per heavy atom. The molecular weight excluding hydrogens is 556 g/mol. The number of carbonyl (C=O) groups excluding carboxylic acids is 3. The summed E-state index contributed by atoms with van der Waals surface area (Å²) in [6.07, 6.45) is 0. The quantitative estimate of drug-likeness (QED) is 0.151. The van der Waals surface area contributed by atoms with E-state index in [4.69, 9.17) is 25.8 Å². The maximum atomic E-state index is 12.3. The Morgan fingerprint density at radius 3 is 2.05 bits per heavy atom. The van der Waals surface area contributed by atoms with Crippen LogP contribution in [-0.4, -0.2) is 61.1 Å². The van der Waals surface area contributed by atoms with Gasteiger partial charge in [-0.15, -0.1) is 10.2 Å². The number of nitro benzene ring substituents is 2. The molecule has 0 atom stereocenters. The maximum absolute atomic E-state index is 12.3. The predicted molar refractivity (Wildman–Crippen MR) is 142 cm³/mol. The first kappa shape index (κ1) is 31.4. The van der Waals surface area contributed by atoms with Gasteiger partial charge in [-0.1, -0.05) is 11.6 Å². The summed E-state index contributed by atoms with van der Waals surface area (Å²) in [4.78, 5) is 58.6. The van der Waals surface area contributed by atoms with Crippen LogP contribution in [0.2, 0.25) is 5.02 Å². The molecule has 0 aromatic heterocycles. The molecule has 40 heavy (non-hydrogen) atoms. The van der Waals surface area contributed by atoms with Gasteiger partial charge < -0.3 is 24.4 Å². The first-order valence-electron chi connectivity index (χ1n) is 11.5. The van der Waals surface area contributed by atoms with Crippen LogP contribution in [0.15, 0.2) is 34.5 Å². The fourth-order valence-electron chi connectivity index (χ4n) is 3.31. The Bertz CT molecular complexity index is 1330. The lowest BCUT2D eigenvalue weighted by Crippen LogP contribution is -2.36. The van der Waals surface area contributed by atoms with Gasteiger partial charge in [-0.3, -0.25) is 34.6 Å². The molecule has 2 aromatic rings. The van der Waals surface area contributed by atoms with Crippen LogP contribution >= 0.6 is 11.6 Å². The fourth-order valence-corrected chi connectivity index (χ4v) is 3.56.